The molecule has 0 atom stereocenters. The summed E-state index contributed by atoms with van der Waals surface area (Å²) in [6.07, 6.45) is 4.73. The van der Waals surface area contributed by atoms with Crippen molar-refractivity contribution in [2.24, 2.45) is 0 Å². The number of rotatable bonds is 4. The Kier molecular flexibility index (Phi) is 3.70. The fourth-order valence-electron chi connectivity index (χ4n) is 1.91. The average molecular weight is 302 g/mol. The number of aromatic nitrogens is 4. The Bertz CT molecular complexity index is 750. The number of nitrogens with zero attached hydrogens (tertiary/aromatic N) is 3. The molecule has 0 saturated heterocycles. The molecule has 2 aromatic heterocycles. The van der Waals surface area contributed by atoms with Gasteiger partial charge in [-0.05, 0) is 5.56 Å². The highest BCUT2D eigenvalue weighted by atomic mass is 35.5. The number of hydrogen-bond donors (Lipinski definition) is 2. The van der Waals surface area contributed by atoms with E-state index >= 15 is 0 Å². The minimum absolute atomic E-state index is 0.229. The first-order valence-electron chi connectivity index (χ1n) is 6.29. The number of anilines is 1. The monoisotopic (exact) mass is 301 g/mol. The van der Waals surface area contributed by atoms with Crippen molar-refractivity contribution < 1.29 is 4.79 Å². The van der Waals surface area contributed by atoms with E-state index in [1.54, 1.807) is 17.1 Å². The lowest BCUT2D eigenvalue weighted by molar-refractivity contribution is 0.102. The van der Waals surface area contributed by atoms with Crippen LogP contribution in [0.25, 0.3) is 0 Å². The highest BCUT2D eigenvalue weighted by Gasteiger charge is 2.13. The Morgan fingerprint density at radius 3 is 2.81 bits per heavy atom. The summed E-state index contributed by atoms with van der Waals surface area (Å²) >= 11 is 5.84. The number of benzene rings is 1. The summed E-state index contributed by atoms with van der Waals surface area (Å²) in [6.45, 7) is 0.640. The van der Waals surface area contributed by atoms with Crippen molar-refractivity contribution in [1.29, 1.82) is 0 Å². The zero-order valence-corrected chi connectivity index (χ0v) is 11.7. The molecule has 106 valence electrons. The lowest BCUT2D eigenvalue weighted by Crippen LogP contribution is -2.12. The minimum atomic E-state index is -0.350. The second-order valence-corrected chi connectivity index (χ2v) is 4.87. The van der Waals surface area contributed by atoms with E-state index in [-0.39, 0.29) is 16.6 Å². The average Bonchev–Trinajstić information content (AvgIpc) is 3.09. The fourth-order valence-corrected chi connectivity index (χ4v) is 2.09. The zero-order chi connectivity index (χ0) is 14.7. The molecule has 3 rings (SSSR count). The van der Waals surface area contributed by atoms with Crippen molar-refractivity contribution in [3.05, 3.63) is 65.2 Å². The molecule has 0 bridgehead atoms. The zero-order valence-electron chi connectivity index (χ0n) is 11.0. The number of aromatic amines is 1. The van der Waals surface area contributed by atoms with Crippen molar-refractivity contribution in [2.45, 2.75) is 6.54 Å². The first-order chi connectivity index (χ1) is 10.2. The number of H-pyrrole nitrogens is 1. The first kappa shape index (κ1) is 13.4. The first-order valence-corrected chi connectivity index (χ1v) is 6.67. The van der Waals surface area contributed by atoms with E-state index < -0.39 is 0 Å². The summed E-state index contributed by atoms with van der Waals surface area (Å²) in [7, 11) is 0. The standard InChI is InChI=1S/C14H12ClN5O/c15-12-7-16-19-13(12)14(21)18-11-6-17-20(9-11)8-10-4-2-1-3-5-10/h1-7,9H,8H2,(H,16,19)(H,18,21). The molecular weight excluding hydrogens is 290 g/mol. The predicted octanol–water partition coefficient (Wildman–Crippen LogP) is 2.56. The van der Waals surface area contributed by atoms with Crippen LogP contribution < -0.4 is 5.32 Å². The largest absolute Gasteiger partial charge is 0.318 e. The van der Waals surface area contributed by atoms with E-state index in [4.69, 9.17) is 11.6 Å². The van der Waals surface area contributed by atoms with Crippen molar-refractivity contribution in [3.63, 3.8) is 0 Å². The van der Waals surface area contributed by atoms with Crippen LogP contribution in [0.2, 0.25) is 5.02 Å². The molecule has 0 unspecified atom stereocenters. The molecule has 0 spiro atoms. The molecule has 1 amide bonds. The molecule has 6 nitrogen and oxygen atoms in total. The summed E-state index contributed by atoms with van der Waals surface area (Å²) in [5.74, 6) is -0.350. The van der Waals surface area contributed by atoms with Crippen LogP contribution in [0.4, 0.5) is 5.69 Å². The van der Waals surface area contributed by atoms with E-state index in [0.717, 1.165) is 5.56 Å². The van der Waals surface area contributed by atoms with Crippen LogP contribution in [0.3, 0.4) is 0 Å². The lowest BCUT2D eigenvalue weighted by atomic mass is 10.2. The second kappa shape index (κ2) is 5.80. The van der Waals surface area contributed by atoms with Crippen LogP contribution in [0, 0.1) is 0 Å². The summed E-state index contributed by atoms with van der Waals surface area (Å²) in [4.78, 5) is 12.0. The fraction of sp³-hybridized carbons (Fsp3) is 0.0714. The van der Waals surface area contributed by atoms with E-state index in [0.29, 0.717) is 12.2 Å². The summed E-state index contributed by atoms with van der Waals surface area (Å²) in [6, 6.07) is 9.95. The predicted molar refractivity (Wildman–Crippen MR) is 79.3 cm³/mol. The van der Waals surface area contributed by atoms with Gasteiger partial charge in [-0.2, -0.15) is 10.2 Å². The van der Waals surface area contributed by atoms with Gasteiger partial charge in [0.1, 0.15) is 5.69 Å². The van der Waals surface area contributed by atoms with Crippen molar-refractivity contribution in [3.8, 4) is 0 Å². The Labute approximate surface area is 125 Å². The smallest absolute Gasteiger partial charge is 0.275 e. The van der Waals surface area contributed by atoms with Crippen molar-refractivity contribution in [1.82, 2.24) is 20.0 Å². The van der Waals surface area contributed by atoms with Gasteiger partial charge >= 0.3 is 0 Å². The molecule has 0 radical (unpaired) electrons. The third kappa shape index (κ3) is 3.11. The molecule has 0 fully saturated rings. The molecule has 0 aliphatic rings. The normalized spacial score (nSPS) is 10.5. The van der Waals surface area contributed by atoms with Crippen LogP contribution in [-0.4, -0.2) is 25.9 Å². The topological polar surface area (TPSA) is 75.6 Å². The Hall–Kier alpha value is -2.60. The number of carbonyl (C=O) groups is 1. The maximum atomic E-state index is 12.0. The lowest BCUT2D eigenvalue weighted by Gasteiger charge is -2.01. The Morgan fingerprint density at radius 2 is 2.10 bits per heavy atom. The van der Waals surface area contributed by atoms with Crippen LogP contribution in [0.5, 0.6) is 0 Å². The molecule has 7 heteroatoms. The number of carbonyl (C=O) groups excluding carboxylic acids is 1. The van der Waals surface area contributed by atoms with Gasteiger partial charge < -0.3 is 5.32 Å². The van der Waals surface area contributed by atoms with Crippen LogP contribution in [0.15, 0.2) is 48.9 Å². The van der Waals surface area contributed by atoms with Gasteiger partial charge in [-0.25, -0.2) is 0 Å². The number of nitrogens with one attached hydrogen (secondary N) is 2. The van der Waals surface area contributed by atoms with Gasteiger partial charge in [0, 0.05) is 6.20 Å². The molecule has 0 aliphatic heterocycles. The highest BCUT2D eigenvalue weighted by molar-refractivity contribution is 6.34. The van der Waals surface area contributed by atoms with Crippen LogP contribution in [-0.2, 0) is 6.54 Å². The Morgan fingerprint density at radius 1 is 1.29 bits per heavy atom. The summed E-state index contributed by atoms with van der Waals surface area (Å²) < 4.78 is 1.75. The SMILES string of the molecule is O=C(Nc1cnn(Cc2ccccc2)c1)c1[nH]ncc1Cl. The quantitative estimate of drug-likeness (QED) is 0.777. The molecule has 0 saturated carbocycles. The van der Waals surface area contributed by atoms with Crippen molar-refractivity contribution in [2.75, 3.05) is 5.32 Å². The third-order valence-corrected chi connectivity index (χ3v) is 3.19. The molecular formula is C14H12ClN5O. The van der Waals surface area contributed by atoms with E-state index in [1.807, 2.05) is 30.3 Å². The van der Waals surface area contributed by atoms with Gasteiger partial charge in [-0.1, -0.05) is 41.9 Å². The highest BCUT2D eigenvalue weighted by Crippen LogP contribution is 2.14. The van der Waals surface area contributed by atoms with Gasteiger partial charge in [0.05, 0.1) is 29.6 Å². The molecule has 2 heterocycles. The maximum absolute atomic E-state index is 12.0. The number of halogens is 1. The van der Waals surface area contributed by atoms with Gasteiger partial charge in [-0.15, -0.1) is 0 Å². The van der Waals surface area contributed by atoms with E-state index in [9.17, 15) is 4.79 Å². The second-order valence-electron chi connectivity index (χ2n) is 4.46. The van der Waals surface area contributed by atoms with Gasteiger partial charge in [0.25, 0.3) is 5.91 Å². The molecule has 21 heavy (non-hydrogen) atoms. The molecule has 0 aliphatic carbocycles. The number of amides is 1. The minimum Gasteiger partial charge on any atom is -0.318 e. The molecule has 3 aromatic rings. The molecule has 1 aromatic carbocycles. The third-order valence-electron chi connectivity index (χ3n) is 2.90. The molecule has 2 N–H and O–H groups in total. The summed E-state index contributed by atoms with van der Waals surface area (Å²) in [5.41, 5.74) is 1.96. The Balaban J connectivity index is 1.68. The van der Waals surface area contributed by atoms with E-state index in [2.05, 4.69) is 20.6 Å². The van der Waals surface area contributed by atoms with Gasteiger partial charge in [0.2, 0.25) is 0 Å². The van der Waals surface area contributed by atoms with Gasteiger partial charge in [0.15, 0.2) is 0 Å². The summed E-state index contributed by atoms with van der Waals surface area (Å²) in [5, 5.41) is 13.5. The van der Waals surface area contributed by atoms with Gasteiger partial charge in [-0.3, -0.25) is 14.6 Å². The van der Waals surface area contributed by atoms with E-state index in [1.165, 1.54) is 6.20 Å². The maximum Gasteiger partial charge on any atom is 0.275 e. The number of hydrogen-bond acceptors (Lipinski definition) is 3. The van der Waals surface area contributed by atoms with Crippen LogP contribution in [0.1, 0.15) is 16.1 Å². The van der Waals surface area contributed by atoms with Crippen LogP contribution >= 0.6 is 11.6 Å². The van der Waals surface area contributed by atoms with Crippen molar-refractivity contribution >= 4 is 23.2 Å².